The molecule has 0 aliphatic rings. The summed E-state index contributed by atoms with van der Waals surface area (Å²) in [5.41, 5.74) is 1.21. The lowest BCUT2D eigenvalue weighted by Gasteiger charge is -2.26. The number of nitrogens with zero attached hydrogens (tertiary/aromatic N) is 1. The molecule has 1 amide bonds. The molecule has 0 saturated heterocycles. The van der Waals surface area contributed by atoms with Crippen LogP contribution in [0.15, 0.2) is 24.3 Å². The summed E-state index contributed by atoms with van der Waals surface area (Å²) in [5, 5.41) is 3.29. The first-order valence-corrected chi connectivity index (χ1v) is 7.72. The maximum atomic E-state index is 12.2. The van der Waals surface area contributed by atoms with E-state index in [1.54, 1.807) is 0 Å². The number of likely N-dealkylation sites (N-methyl/N-ethyl adjacent to an activating group) is 1. The van der Waals surface area contributed by atoms with Crippen molar-refractivity contribution >= 4 is 5.91 Å². The summed E-state index contributed by atoms with van der Waals surface area (Å²) in [5.74, 6) is 0.999. The number of ether oxygens (including phenoxy) is 1. The Balaban J connectivity index is 2.40. The smallest absolute Gasteiger partial charge is 0.239 e. The summed E-state index contributed by atoms with van der Waals surface area (Å²) in [6.45, 7) is 12.0. The lowest BCUT2D eigenvalue weighted by Crippen LogP contribution is -2.48. The molecule has 0 heterocycles. The van der Waals surface area contributed by atoms with Crippen LogP contribution in [0.1, 0.15) is 33.3 Å². The summed E-state index contributed by atoms with van der Waals surface area (Å²) in [6, 6.07) is 7.90. The van der Waals surface area contributed by atoms with Gasteiger partial charge in [0.25, 0.3) is 0 Å². The third kappa shape index (κ3) is 5.76. The lowest BCUT2D eigenvalue weighted by atomic mass is 10.2. The fourth-order valence-corrected chi connectivity index (χ4v) is 2.21. The predicted molar refractivity (Wildman–Crippen MR) is 86.7 cm³/mol. The van der Waals surface area contributed by atoms with E-state index in [0.29, 0.717) is 6.61 Å². The zero-order valence-corrected chi connectivity index (χ0v) is 13.8. The van der Waals surface area contributed by atoms with E-state index >= 15 is 0 Å². The summed E-state index contributed by atoms with van der Waals surface area (Å²) < 4.78 is 5.73. The highest BCUT2D eigenvalue weighted by Gasteiger charge is 2.19. The quantitative estimate of drug-likeness (QED) is 0.801. The van der Waals surface area contributed by atoms with Gasteiger partial charge in [0, 0.05) is 19.1 Å². The third-order valence-corrected chi connectivity index (χ3v) is 3.50. The summed E-state index contributed by atoms with van der Waals surface area (Å²) in [6.07, 6.45) is 0. The molecule has 0 spiro atoms. The summed E-state index contributed by atoms with van der Waals surface area (Å²) >= 11 is 0. The van der Waals surface area contributed by atoms with Crippen molar-refractivity contribution in [3.05, 3.63) is 29.8 Å². The molecular weight excluding hydrogens is 264 g/mol. The Kier molecular flexibility index (Phi) is 7.23. The number of benzene rings is 1. The van der Waals surface area contributed by atoms with Crippen LogP contribution < -0.4 is 10.1 Å². The molecule has 0 bridgehead atoms. The molecule has 0 saturated carbocycles. The van der Waals surface area contributed by atoms with Gasteiger partial charge in [0.15, 0.2) is 0 Å². The first kappa shape index (κ1) is 17.5. The van der Waals surface area contributed by atoms with Crippen molar-refractivity contribution in [3.8, 4) is 5.75 Å². The minimum Gasteiger partial charge on any atom is -0.492 e. The average Bonchev–Trinajstić information content (AvgIpc) is 2.47. The van der Waals surface area contributed by atoms with Gasteiger partial charge in [-0.15, -0.1) is 0 Å². The Morgan fingerprint density at radius 1 is 1.19 bits per heavy atom. The zero-order chi connectivity index (χ0) is 15.8. The second-order valence-electron chi connectivity index (χ2n) is 5.42. The molecule has 0 fully saturated rings. The van der Waals surface area contributed by atoms with Gasteiger partial charge in [0.2, 0.25) is 5.91 Å². The minimum atomic E-state index is -0.193. The molecular formula is C17H28N2O2. The maximum absolute atomic E-state index is 12.2. The Morgan fingerprint density at radius 3 is 2.29 bits per heavy atom. The van der Waals surface area contributed by atoms with E-state index in [1.807, 2.05) is 56.9 Å². The standard InChI is InChI=1S/C17H28N2O2/c1-6-19(7-2)17(20)15(5)18-14(4)12-21-16-10-8-13(3)9-11-16/h8-11,14-15,18H,6-7,12H2,1-5H3. The van der Waals surface area contributed by atoms with Crippen LogP contribution in [-0.4, -0.2) is 42.6 Å². The van der Waals surface area contributed by atoms with Crippen molar-refractivity contribution in [1.82, 2.24) is 10.2 Å². The Hall–Kier alpha value is -1.55. The molecule has 1 rings (SSSR count). The van der Waals surface area contributed by atoms with E-state index in [1.165, 1.54) is 5.56 Å². The van der Waals surface area contributed by atoms with Crippen molar-refractivity contribution in [2.45, 2.75) is 46.7 Å². The van der Waals surface area contributed by atoms with E-state index in [4.69, 9.17) is 4.74 Å². The average molecular weight is 292 g/mol. The molecule has 1 N–H and O–H groups in total. The number of carbonyl (C=O) groups excluding carboxylic acids is 1. The second-order valence-corrected chi connectivity index (χ2v) is 5.42. The topological polar surface area (TPSA) is 41.6 Å². The van der Waals surface area contributed by atoms with Crippen LogP contribution in [0, 0.1) is 6.92 Å². The van der Waals surface area contributed by atoms with E-state index < -0.39 is 0 Å². The molecule has 2 unspecified atom stereocenters. The molecule has 4 heteroatoms. The van der Waals surface area contributed by atoms with Crippen LogP contribution >= 0.6 is 0 Å². The fourth-order valence-electron chi connectivity index (χ4n) is 2.21. The normalized spacial score (nSPS) is 13.6. The van der Waals surface area contributed by atoms with Crippen molar-refractivity contribution in [2.75, 3.05) is 19.7 Å². The molecule has 0 aliphatic carbocycles. The van der Waals surface area contributed by atoms with Crippen molar-refractivity contribution in [2.24, 2.45) is 0 Å². The van der Waals surface area contributed by atoms with Crippen LogP contribution in [-0.2, 0) is 4.79 Å². The van der Waals surface area contributed by atoms with Gasteiger partial charge in [0.1, 0.15) is 12.4 Å². The van der Waals surface area contributed by atoms with Gasteiger partial charge in [0.05, 0.1) is 6.04 Å². The highest BCUT2D eigenvalue weighted by molar-refractivity contribution is 5.81. The lowest BCUT2D eigenvalue weighted by molar-refractivity contribution is -0.132. The molecule has 0 radical (unpaired) electrons. The van der Waals surface area contributed by atoms with Crippen molar-refractivity contribution in [1.29, 1.82) is 0 Å². The summed E-state index contributed by atoms with van der Waals surface area (Å²) in [4.78, 5) is 14.0. The van der Waals surface area contributed by atoms with Crippen molar-refractivity contribution in [3.63, 3.8) is 0 Å². The van der Waals surface area contributed by atoms with E-state index in [9.17, 15) is 4.79 Å². The van der Waals surface area contributed by atoms with Gasteiger partial charge in [-0.3, -0.25) is 4.79 Å². The first-order chi connectivity index (χ1) is 9.97. The Morgan fingerprint density at radius 2 is 1.76 bits per heavy atom. The number of hydrogen-bond acceptors (Lipinski definition) is 3. The highest BCUT2D eigenvalue weighted by Crippen LogP contribution is 2.11. The number of aryl methyl sites for hydroxylation is 1. The third-order valence-electron chi connectivity index (χ3n) is 3.50. The van der Waals surface area contributed by atoms with Gasteiger partial charge in [-0.05, 0) is 46.8 Å². The van der Waals surface area contributed by atoms with Crippen LogP contribution in [0.25, 0.3) is 0 Å². The molecule has 21 heavy (non-hydrogen) atoms. The van der Waals surface area contributed by atoms with E-state index in [0.717, 1.165) is 18.8 Å². The monoisotopic (exact) mass is 292 g/mol. The van der Waals surface area contributed by atoms with Crippen LogP contribution in [0.4, 0.5) is 0 Å². The number of carbonyl (C=O) groups is 1. The van der Waals surface area contributed by atoms with Gasteiger partial charge in [-0.25, -0.2) is 0 Å². The molecule has 4 nitrogen and oxygen atoms in total. The second kappa shape index (κ2) is 8.67. The molecule has 0 aliphatic heterocycles. The first-order valence-electron chi connectivity index (χ1n) is 7.72. The molecule has 1 aromatic carbocycles. The number of nitrogens with one attached hydrogen (secondary N) is 1. The molecule has 118 valence electrons. The highest BCUT2D eigenvalue weighted by atomic mass is 16.5. The van der Waals surface area contributed by atoms with E-state index in [2.05, 4.69) is 12.2 Å². The van der Waals surface area contributed by atoms with Crippen molar-refractivity contribution < 1.29 is 9.53 Å². The van der Waals surface area contributed by atoms with Crippen LogP contribution in [0.2, 0.25) is 0 Å². The molecule has 0 aromatic heterocycles. The molecule has 1 aromatic rings. The number of rotatable bonds is 8. The number of hydrogen-bond donors (Lipinski definition) is 1. The minimum absolute atomic E-state index is 0.112. The Labute approximate surface area is 128 Å². The zero-order valence-electron chi connectivity index (χ0n) is 13.8. The van der Waals surface area contributed by atoms with Gasteiger partial charge >= 0.3 is 0 Å². The van der Waals surface area contributed by atoms with Crippen LogP contribution in [0.5, 0.6) is 5.75 Å². The maximum Gasteiger partial charge on any atom is 0.239 e. The van der Waals surface area contributed by atoms with E-state index in [-0.39, 0.29) is 18.0 Å². The van der Waals surface area contributed by atoms with Gasteiger partial charge in [-0.2, -0.15) is 0 Å². The summed E-state index contributed by atoms with van der Waals surface area (Å²) in [7, 11) is 0. The largest absolute Gasteiger partial charge is 0.492 e. The van der Waals surface area contributed by atoms with Gasteiger partial charge in [-0.1, -0.05) is 17.7 Å². The SMILES string of the molecule is CCN(CC)C(=O)C(C)NC(C)COc1ccc(C)cc1. The fraction of sp³-hybridized carbons (Fsp3) is 0.588. The van der Waals surface area contributed by atoms with Crippen LogP contribution in [0.3, 0.4) is 0 Å². The van der Waals surface area contributed by atoms with Gasteiger partial charge < -0.3 is 15.0 Å². The Bertz CT molecular complexity index is 427. The molecule has 2 atom stereocenters. The number of amides is 1. The predicted octanol–water partition coefficient (Wildman–Crippen LogP) is 2.61.